The smallest absolute Gasteiger partial charge is 0.273 e. The highest BCUT2D eigenvalue weighted by Gasteiger charge is 2.30. The van der Waals surface area contributed by atoms with E-state index >= 15 is 0 Å². The van der Waals surface area contributed by atoms with E-state index in [0.717, 1.165) is 12.8 Å². The minimum Gasteiger partial charge on any atom is -0.382 e. The maximum atomic E-state index is 12.9. The van der Waals surface area contributed by atoms with Gasteiger partial charge in [0.1, 0.15) is 11.6 Å². The number of rotatable bonds is 6. The number of carbonyl (C=O) groups excluding carboxylic acids is 2. The number of nitrogens with two attached hydrogens (primary N) is 1. The van der Waals surface area contributed by atoms with Crippen LogP contribution in [0.5, 0.6) is 0 Å². The van der Waals surface area contributed by atoms with Gasteiger partial charge in [0.2, 0.25) is 5.91 Å². The number of hydrogen-bond acceptors (Lipinski definition) is 9. The van der Waals surface area contributed by atoms with Crippen molar-refractivity contribution in [2.45, 2.75) is 17.7 Å². The molecule has 2 heterocycles. The Morgan fingerprint density at radius 1 is 1.37 bits per heavy atom. The number of amides is 2. The van der Waals surface area contributed by atoms with E-state index < -0.39 is 28.3 Å². The van der Waals surface area contributed by atoms with Crippen molar-refractivity contribution < 1.29 is 17.9 Å². The lowest BCUT2D eigenvalue weighted by molar-refractivity contribution is -0.117. The molecule has 1 fully saturated rings. The summed E-state index contributed by atoms with van der Waals surface area (Å²) in [5.74, 6) is -1.57. The van der Waals surface area contributed by atoms with Crippen molar-refractivity contribution in [1.29, 1.82) is 0 Å². The van der Waals surface area contributed by atoms with Gasteiger partial charge in [0.25, 0.3) is 5.91 Å². The van der Waals surface area contributed by atoms with Gasteiger partial charge in [-0.05, 0) is 18.9 Å². The summed E-state index contributed by atoms with van der Waals surface area (Å²) in [7, 11) is -1.62. The van der Waals surface area contributed by atoms with Crippen LogP contribution in [0.15, 0.2) is 21.4 Å². The molecule has 160 valence electrons. The number of pyridine rings is 1. The Hall–Kier alpha value is -2.99. The van der Waals surface area contributed by atoms with Gasteiger partial charge < -0.3 is 21.7 Å². The molecule has 1 aliphatic rings. The monoisotopic (exact) mass is 455 g/mol. The van der Waals surface area contributed by atoms with Gasteiger partial charge in [-0.15, -0.1) is 10.2 Å². The molecule has 2 amide bonds. The molecule has 0 aromatic carbocycles. The molecule has 0 bridgehead atoms. The van der Waals surface area contributed by atoms with Gasteiger partial charge >= 0.3 is 0 Å². The molecule has 5 N–H and O–H groups in total. The van der Waals surface area contributed by atoms with Crippen molar-refractivity contribution in [2.75, 3.05) is 36.6 Å². The van der Waals surface area contributed by atoms with E-state index in [1.54, 1.807) is 0 Å². The zero-order valence-corrected chi connectivity index (χ0v) is 17.6. The molecule has 0 saturated heterocycles. The number of aromatic nitrogens is 3. The Balaban J connectivity index is 2.09. The SMILES string of the molecule is [2H]C([2H])([2H])NC(=O)c1nnc(NC(=O)C2CC2)cc1Nc1nc(N)c(Cl)cc1[S@@](C)(=O)=NC. The fraction of sp³-hybridized carbons (Fsp3) is 0.353. The lowest BCUT2D eigenvalue weighted by Gasteiger charge is -2.16. The summed E-state index contributed by atoms with van der Waals surface area (Å²) in [5.41, 5.74) is 5.32. The van der Waals surface area contributed by atoms with Crippen LogP contribution in [0.25, 0.3) is 0 Å². The highest BCUT2D eigenvalue weighted by atomic mass is 35.5. The summed E-state index contributed by atoms with van der Waals surface area (Å²) < 4.78 is 38.6. The number of nitrogens with one attached hydrogen (secondary N) is 3. The van der Waals surface area contributed by atoms with Crippen molar-refractivity contribution in [1.82, 2.24) is 20.5 Å². The Morgan fingerprint density at radius 2 is 2.10 bits per heavy atom. The van der Waals surface area contributed by atoms with Crippen LogP contribution in [-0.2, 0) is 14.5 Å². The Bertz CT molecular complexity index is 1240. The van der Waals surface area contributed by atoms with Crippen molar-refractivity contribution in [3.63, 3.8) is 0 Å². The van der Waals surface area contributed by atoms with Gasteiger partial charge in [-0.2, -0.15) is 0 Å². The molecule has 2 aromatic rings. The second kappa shape index (κ2) is 8.40. The van der Waals surface area contributed by atoms with Crippen molar-refractivity contribution in [2.24, 2.45) is 10.3 Å². The molecular formula is C17H21ClN8O3S. The number of nitrogens with zero attached hydrogens (tertiary/aromatic N) is 4. The van der Waals surface area contributed by atoms with Crippen LogP contribution >= 0.6 is 11.6 Å². The van der Waals surface area contributed by atoms with Crippen LogP contribution in [0.1, 0.15) is 27.4 Å². The molecule has 1 atom stereocenters. The standard InChI is InChI=1S/C17H21ClN8O3S/c1-20-17(28)13-10(7-12(25-26-13)23-16(27)8-4-5-8)22-15-11(30(3,29)21-2)6-9(18)14(19)24-15/h6-8H,4-5H2,1-3H3,(H,20,28)(H4,19,22,23,24,25,27)/t30-/m1/s1/i1D3. The fourth-order valence-corrected chi connectivity index (χ4v) is 3.64. The first-order chi connectivity index (χ1) is 15.3. The van der Waals surface area contributed by atoms with Gasteiger partial charge in [0.15, 0.2) is 11.5 Å². The molecule has 0 aliphatic heterocycles. The summed E-state index contributed by atoms with van der Waals surface area (Å²) in [6, 6.07) is 2.60. The Morgan fingerprint density at radius 3 is 2.73 bits per heavy atom. The van der Waals surface area contributed by atoms with E-state index in [9.17, 15) is 13.8 Å². The number of anilines is 4. The normalized spacial score (nSPS) is 17.0. The van der Waals surface area contributed by atoms with E-state index in [0.29, 0.717) is 0 Å². The molecule has 0 unspecified atom stereocenters. The minimum absolute atomic E-state index is 0.0146. The number of halogens is 1. The van der Waals surface area contributed by atoms with E-state index in [4.69, 9.17) is 21.4 Å². The van der Waals surface area contributed by atoms with Gasteiger partial charge in [-0.25, -0.2) is 13.6 Å². The molecular weight excluding hydrogens is 432 g/mol. The second-order valence-electron chi connectivity index (χ2n) is 6.52. The lowest BCUT2D eigenvalue weighted by Crippen LogP contribution is -2.23. The molecule has 1 aliphatic carbocycles. The van der Waals surface area contributed by atoms with Gasteiger partial charge in [0.05, 0.1) is 25.3 Å². The molecule has 1 saturated carbocycles. The summed E-state index contributed by atoms with van der Waals surface area (Å²) in [4.78, 5) is 28.8. The first-order valence-corrected chi connectivity index (χ1v) is 11.0. The van der Waals surface area contributed by atoms with Crippen molar-refractivity contribution in [3.8, 4) is 0 Å². The largest absolute Gasteiger partial charge is 0.382 e. The predicted octanol–water partition coefficient (Wildman–Crippen LogP) is 1.65. The van der Waals surface area contributed by atoms with Gasteiger partial charge in [-0.3, -0.25) is 9.59 Å². The molecule has 30 heavy (non-hydrogen) atoms. The molecule has 11 nitrogen and oxygen atoms in total. The van der Waals surface area contributed by atoms with Crippen molar-refractivity contribution in [3.05, 3.63) is 22.8 Å². The number of nitrogen functional groups attached to an aromatic ring is 1. The topological polar surface area (TPSA) is 164 Å². The van der Waals surface area contributed by atoms with E-state index in [1.165, 1.54) is 25.4 Å². The molecule has 0 radical (unpaired) electrons. The van der Waals surface area contributed by atoms with Gasteiger partial charge in [0, 0.05) is 36.4 Å². The zero-order chi connectivity index (χ0) is 24.6. The number of carbonyl (C=O) groups is 2. The molecule has 0 spiro atoms. The van der Waals surface area contributed by atoms with Crippen molar-refractivity contribution >= 4 is 56.3 Å². The quantitative estimate of drug-likeness (QED) is 0.510. The third kappa shape index (κ3) is 4.60. The van der Waals surface area contributed by atoms with Crippen LogP contribution in [0, 0.1) is 5.92 Å². The van der Waals surface area contributed by atoms with E-state index in [1.807, 2.05) is 5.32 Å². The van der Waals surface area contributed by atoms with Gasteiger partial charge in [-0.1, -0.05) is 11.6 Å². The maximum absolute atomic E-state index is 12.9. The molecule has 3 rings (SSSR count). The second-order valence-corrected chi connectivity index (χ2v) is 9.34. The Kier molecular flexibility index (Phi) is 4.99. The molecule has 13 heteroatoms. The fourth-order valence-electron chi connectivity index (χ4n) is 2.44. The molecule has 2 aromatic heterocycles. The minimum atomic E-state index is -2.97. The van der Waals surface area contributed by atoms with Crippen LogP contribution in [0.3, 0.4) is 0 Å². The summed E-state index contributed by atoms with van der Waals surface area (Å²) in [5, 5.41) is 14.8. The average Bonchev–Trinajstić information content (AvgIpc) is 3.54. The van der Waals surface area contributed by atoms with Crippen LogP contribution in [0.2, 0.25) is 5.02 Å². The third-order valence-corrected chi connectivity index (χ3v) is 6.43. The first-order valence-electron chi connectivity index (χ1n) is 10.1. The highest BCUT2D eigenvalue weighted by molar-refractivity contribution is 7.93. The summed E-state index contributed by atoms with van der Waals surface area (Å²) >= 11 is 6.05. The first kappa shape index (κ1) is 17.8. The summed E-state index contributed by atoms with van der Waals surface area (Å²) in [6.07, 6.45) is 2.87. The van der Waals surface area contributed by atoms with E-state index in [-0.39, 0.29) is 44.9 Å². The lowest BCUT2D eigenvalue weighted by atomic mass is 10.2. The van der Waals surface area contributed by atoms with Crippen LogP contribution in [0.4, 0.5) is 23.1 Å². The van der Waals surface area contributed by atoms with E-state index in [2.05, 4.69) is 30.2 Å². The predicted molar refractivity (Wildman–Crippen MR) is 114 cm³/mol. The van der Waals surface area contributed by atoms with Crippen LogP contribution < -0.4 is 21.7 Å². The summed E-state index contributed by atoms with van der Waals surface area (Å²) in [6.45, 7) is -2.79. The zero-order valence-electron chi connectivity index (χ0n) is 19.0. The third-order valence-electron chi connectivity index (χ3n) is 4.30. The highest BCUT2D eigenvalue weighted by Crippen LogP contribution is 2.32. The maximum Gasteiger partial charge on any atom is 0.273 e. The van der Waals surface area contributed by atoms with Crippen LogP contribution in [-0.4, -0.2) is 51.5 Å². The Labute approximate surface area is 182 Å². The average molecular weight is 456 g/mol. The number of hydrogen-bond donors (Lipinski definition) is 4.